The van der Waals surface area contributed by atoms with E-state index in [2.05, 4.69) is 63.2 Å². The molecule has 0 bridgehead atoms. The van der Waals surface area contributed by atoms with Gasteiger partial charge in [0.2, 0.25) is 0 Å². The van der Waals surface area contributed by atoms with Gasteiger partial charge in [-0.25, -0.2) is 0 Å². The van der Waals surface area contributed by atoms with Crippen molar-refractivity contribution in [1.82, 2.24) is 0 Å². The predicted octanol–water partition coefficient (Wildman–Crippen LogP) is 6.21. The molecule has 0 saturated carbocycles. The van der Waals surface area contributed by atoms with E-state index >= 15 is 0 Å². The minimum absolute atomic E-state index is 1.18. The van der Waals surface area contributed by atoms with Crippen LogP contribution in [0.3, 0.4) is 0 Å². The number of hydrogen-bond donors (Lipinski definition) is 0. The Hall–Kier alpha value is -1.82. The average Bonchev–Trinajstić information content (AvgIpc) is 2.50. The quantitative estimate of drug-likeness (QED) is 0.497. The molecule has 108 valence electrons. The summed E-state index contributed by atoms with van der Waals surface area (Å²) in [5.74, 6) is 0. The molecule has 3 aromatic carbocycles. The summed E-state index contributed by atoms with van der Waals surface area (Å²) in [6.07, 6.45) is 4.77. The van der Waals surface area contributed by atoms with Crippen LogP contribution in [-0.2, 0) is 12.8 Å². The van der Waals surface area contributed by atoms with Gasteiger partial charge in [-0.3, -0.25) is 0 Å². The minimum atomic E-state index is 1.18. The first kappa shape index (κ1) is 14.1. The molecule has 0 aromatic heterocycles. The van der Waals surface area contributed by atoms with E-state index in [-0.39, 0.29) is 0 Å². The van der Waals surface area contributed by atoms with Gasteiger partial charge in [0, 0.05) is 0 Å². The van der Waals surface area contributed by atoms with E-state index in [9.17, 15) is 0 Å². The molecule has 3 rings (SSSR count). The first-order chi connectivity index (χ1) is 10.3. The van der Waals surface area contributed by atoms with Gasteiger partial charge in [0.15, 0.2) is 0 Å². The van der Waals surface area contributed by atoms with E-state index in [1.165, 1.54) is 52.8 Å². The van der Waals surface area contributed by atoms with Crippen LogP contribution < -0.4 is 0 Å². The Morgan fingerprint density at radius 1 is 0.667 bits per heavy atom. The fourth-order valence-electron chi connectivity index (χ4n) is 3.52. The molecular weight excluding hydrogens is 252 g/mol. The number of fused-ring (bicyclic) bond motifs is 3. The highest BCUT2D eigenvalue weighted by Crippen LogP contribution is 2.34. The van der Waals surface area contributed by atoms with E-state index in [0.717, 1.165) is 0 Å². The summed E-state index contributed by atoms with van der Waals surface area (Å²) in [7, 11) is 0. The van der Waals surface area contributed by atoms with Gasteiger partial charge in [-0.1, -0.05) is 74.7 Å². The van der Waals surface area contributed by atoms with Crippen molar-refractivity contribution >= 4 is 21.5 Å². The molecule has 0 aliphatic rings. The molecule has 0 nitrogen and oxygen atoms in total. The van der Waals surface area contributed by atoms with Crippen molar-refractivity contribution in [2.24, 2.45) is 0 Å². The predicted molar refractivity (Wildman–Crippen MR) is 94.2 cm³/mol. The summed E-state index contributed by atoms with van der Waals surface area (Å²) >= 11 is 0. The molecule has 0 aliphatic heterocycles. The van der Waals surface area contributed by atoms with Crippen LogP contribution in [0.2, 0.25) is 0 Å². The molecule has 0 unspecified atom stereocenters. The molecular formula is C21H24. The summed E-state index contributed by atoms with van der Waals surface area (Å²) in [5.41, 5.74) is 4.52. The molecule has 0 heterocycles. The van der Waals surface area contributed by atoms with Crippen LogP contribution in [0, 0.1) is 6.92 Å². The Bertz CT molecular complexity index is 781. The Morgan fingerprint density at radius 2 is 1.24 bits per heavy atom. The van der Waals surface area contributed by atoms with Crippen LogP contribution in [0.1, 0.15) is 43.4 Å². The third-order valence-electron chi connectivity index (χ3n) is 4.41. The topological polar surface area (TPSA) is 0 Å². The second-order valence-electron chi connectivity index (χ2n) is 6.05. The summed E-state index contributed by atoms with van der Waals surface area (Å²) in [4.78, 5) is 0. The Morgan fingerprint density at radius 3 is 1.90 bits per heavy atom. The maximum atomic E-state index is 2.38. The van der Waals surface area contributed by atoms with Crippen molar-refractivity contribution in [2.75, 3.05) is 0 Å². The van der Waals surface area contributed by atoms with Crippen molar-refractivity contribution in [2.45, 2.75) is 46.5 Å². The van der Waals surface area contributed by atoms with Crippen molar-refractivity contribution in [3.63, 3.8) is 0 Å². The zero-order valence-corrected chi connectivity index (χ0v) is 13.4. The summed E-state index contributed by atoms with van der Waals surface area (Å²) in [5, 5.41) is 5.76. The van der Waals surface area contributed by atoms with Gasteiger partial charge in [0.05, 0.1) is 0 Å². The average molecular weight is 276 g/mol. The van der Waals surface area contributed by atoms with Gasteiger partial charge < -0.3 is 0 Å². The second kappa shape index (κ2) is 5.89. The Balaban J connectivity index is 2.49. The van der Waals surface area contributed by atoms with E-state index in [4.69, 9.17) is 0 Å². The molecule has 21 heavy (non-hydrogen) atoms. The van der Waals surface area contributed by atoms with Crippen LogP contribution in [-0.4, -0.2) is 0 Å². The van der Waals surface area contributed by atoms with Crippen LogP contribution in [0.5, 0.6) is 0 Å². The van der Waals surface area contributed by atoms with Gasteiger partial charge >= 0.3 is 0 Å². The Kier molecular flexibility index (Phi) is 3.96. The van der Waals surface area contributed by atoms with Crippen molar-refractivity contribution in [3.8, 4) is 0 Å². The van der Waals surface area contributed by atoms with Crippen molar-refractivity contribution < 1.29 is 0 Å². The first-order valence-electron chi connectivity index (χ1n) is 8.19. The van der Waals surface area contributed by atoms with Crippen molar-refractivity contribution in [3.05, 3.63) is 59.2 Å². The maximum absolute atomic E-state index is 2.38. The van der Waals surface area contributed by atoms with Gasteiger partial charge in [-0.2, -0.15) is 0 Å². The van der Waals surface area contributed by atoms with Crippen LogP contribution >= 0.6 is 0 Å². The molecule has 0 aliphatic carbocycles. The smallest absolute Gasteiger partial charge is 0.0102 e. The fraction of sp³-hybridized carbons (Fsp3) is 0.333. The normalized spacial score (nSPS) is 11.4. The fourth-order valence-corrected chi connectivity index (χ4v) is 3.52. The third-order valence-corrected chi connectivity index (χ3v) is 4.41. The van der Waals surface area contributed by atoms with Crippen LogP contribution in [0.15, 0.2) is 42.5 Å². The summed E-state index contributed by atoms with van der Waals surface area (Å²) < 4.78 is 0. The molecule has 0 radical (unpaired) electrons. The molecule has 3 aromatic rings. The van der Waals surface area contributed by atoms with Gasteiger partial charge in [-0.05, 0) is 52.4 Å². The highest BCUT2D eigenvalue weighted by atomic mass is 14.2. The highest BCUT2D eigenvalue weighted by molar-refractivity contribution is 6.10. The maximum Gasteiger partial charge on any atom is -0.0102 e. The molecule has 0 heteroatoms. The lowest BCUT2D eigenvalue weighted by Gasteiger charge is -2.17. The first-order valence-corrected chi connectivity index (χ1v) is 8.19. The van der Waals surface area contributed by atoms with Crippen LogP contribution in [0.25, 0.3) is 21.5 Å². The minimum Gasteiger partial charge on any atom is -0.0651 e. The third kappa shape index (κ3) is 2.44. The molecule has 0 spiro atoms. The molecule has 0 fully saturated rings. The number of hydrogen-bond acceptors (Lipinski definition) is 0. The van der Waals surface area contributed by atoms with E-state index in [1.54, 1.807) is 11.1 Å². The summed E-state index contributed by atoms with van der Waals surface area (Å²) in [6, 6.07) is 15.9. The zero-order valence-electron chi connectivity index (χ0n) is 13.4. The Labute approximate surface area is 127 Å². The van der Waals surface area contributed by atoms with Crippen molar-refractivity contribution in [1.29, 1.82) is 0 Å². The highest BCUT2D eigenvalue weighted by Gasteiger charge is 2.13. The largest absolute Gasteiger partial charge is 0.0651 e. The molecule has 0 atom stereocenters. The lowest BCUT2D eigenvalue weighted by atomic mass is 9.87. The number of aryl methyl sites for hydroxylation is 3. The van der Waals surface area contributed by atoms with E-state index < -0.39 is 0 Å². The monoisotopic (exact) mass is 276 g/mol. The lowest BCUT2D eigenvalue weighted by molar-refractivity contribution is 0.874. The summed E-state index contributed by atoms with van der Waals surface area (Å²) in [6.45, 7) is 6.77. The van der Waals surface area contributed by atoms with Crippen LogP contribution in [0.4, 0.5) is 0 Å². The van der Waals surface area contributed by atoms with E-state index in [1.807, 2.05) is 0 Å². The zero-order chi connectivity index (χ0) is 14.8. The SMILES string of the molecule is CCCc1c(CCC)c2cc(C)ccc2c2ccccc12. The lowest BCUT2D eigenvalue weighted by Crippen LogP contribution is -1.98. The van der Waals surface area contributed by atoms with Gasteiger partial charge in [0.1, 0.15) is 0 Å². The standard InChI is InChI=1S/C21H24/c1-4-8-16-17(9-5-2)21-14-15(3)12-13-20(21)19-11-7-6-10-18(16)19/h6-7,10-14H,4-5,8-9H2,1-3H3. The van der Waals surface area contributed by atoms with Gasteiger partial charge in [-0.15, -0.1) is 0 Å². The molecule has 0 amide bonds. The number of rotatable bonds is 4. The molecule has 0 N–H and O–H groups in total. The second-order valence-corrected chi connectivity index (χ2v) is 6.05. The molecule has 0 saturated heterocycles. The van der Waals surface area contributed by atoms with E-state index in [0.29, 0.717) is 0 Å². The number of benzene rings is 3. The van der Waals surface area contributed by atoms with Gasteiger partial charge in [0.25, 0.3) is 0 Å².